The van der Waals surface area contributed by atoms with E-state index in [2.05, 4.69) is 4.72 Å². The van der Waals surface area contributed by atoms with E-state index in [1.807, 2.05) is 6.07 Å². The molecule has 0 radical (unpaired) electrons. The zero-order chi connectivity index (χ0) is 16.4. The van der Waals surface area contributed by atoms with Crippen molar-refractivity contribution in [2.24, 2.45) is 0 Å². The van der Waals surface area contributed by atoms with E-state index >= 15 is 0 Å². The van der Waals surface area contributed by atoms with Gasteiger partial charge in [0.25, 0.3) is 10.0 Å². The molecule has 0 aliphatic heterocycles. The lowest BCUT2D eigenvalue weighted by Crippen LogP contribution is -2.15. The minimum atomic E-state index is -3.68. The third kappa shape index (κ3) is 3.48. The molecule has 0 saturated heterocycles. The molecule has 0 spiro atoms. The van der Waals surface area contributed by atoms with E-state index in [0.717, 1.165) is 0 Å². The van der Waals surface area contributed by atoms with Crippen LogP contribution >= 0.6 is 35.2 Å². The van der Waals surface area contributed by atoms with E-state index in [-0.39, 0.29) is 4.90 Å². The molecule has 3 rings (SSSR count). The van der Waals surface area contributed by atoms with Gasteiger partial charge in [-0.25, -0.2) is 8.42 Å². The standard InChI is InChI=1S/C15H11ClN2O2S3/c16-11-5-4-6-12(9-11)18-14(10-22-15(18)21)17-23(19,20)13-7-2-1-3-8-13/h1-10,17H. The number of anilines is 1. The molecule has 0 amide bonds. The summed E-state index contributed by atoms with van der Waals surface area (Å²) in [5.74, 6) is 0.381. The summed E-state index contributed by atoms with van der Waals surface area (Å²) in [5, 5.41) is 2.22. The summed E-state index contributed by atoms with van der Waals surface area (Å²) >= 11 is 12.6. The number of nitrogens with zero attached hydrogens (tertiary/aromatic N) is 1. The molecular formula is C15H11ClN2O2S3. The van der Waals surface area contributed by atoms with Crippen LogP contribution in [0.1, 0.15) is 0 Å². The Kier molecular flexibility index (Phi) is 4.54. The highest BCUT2D eigenvalue weighted by Gasteiger charge is 2.17. The normalized spacial score (nSPS) is 11.3. The molecule has 0 aliphatic rings. The van der Waals surface area contributed by atoms with Crippen molar-refractivity contribution in [1.82, 2.24) is 4.57 Å². The van der Waals surface area contributed by atoms with Crippen molar-refractivity contribution in [1.29, 1.82) is 0 Å². The smallest absolute Gasteiger partial charge is 0.263 e. The SMILES string of the molecule is O=S(=O)(Nc1csc(=S)n1-c1cccc(Cl)c1)c1ccccc1. The molecule has 1 heterocycles. The molecule has 1 aromatic heterocycles. The Morgan fingerprint density at radius 2 is 1.83 bits per heavy atom. The highest BCUT2D eigenvalue weighted by atomic mass is 35.5. The summed E-state index contributed by atoms with van der Waals surface area (Å²) in [6.45, 7) is 0. The van der Waals surface area contributed by atoms with Gasteiger partial charge in [0.2, 0.25) is 0 Å². The summed E-state index contributed by atoms with van der Waals surface area (Å²) in [5.41, 5.74) is 0.703. The molecule has 1 N–H and O–H groups in total. The number of halogens is 1. The number of thiazole rings is 1. The highest BCUT2D eigenvalue weighted by molar-refractivity contribution is 7.92. The van der Waals surface area contributed by atoms with Crippen molar-refractivity contribution in [3.05, 3.63) is 69.0 Å². The summed E-state index contributed by atoms with van der Waals surface area (Å²) in [7, 11) is -3.68. The van der Waals surface area contributed by atoms with Crippen molar-refractivity contribution in [3.8, 4) is 5.69 Å². The second-order valence-corrected chi connectivity index (χ2v) is 8.24. The predicted molar refractivity (Wildman–Crippen MR) is 96.7 cm³/mol. The van der Waals surface area contributed by atoms with Crippen LogP contribution in [0.3, 0.4) is 0 Å². The highest BCUT2D eigenvalue weighted by Crippen LogP contribution is 2.26. The molecule has 118 valence electrons. The average molecular weight is 383 g/mol. The van der Waals surface area contributed by atoms with Crippen LogP contribution in [0.2, 0.25) is 5.02 Å². The predicted octanol–water partition coefficient (Wildman–Crippen LogP) is 4.72. The van der Waals surface area contributed by atoms with Crippen LogP contribution in [0.25, 0.3) is 5.69 Å². The summed E-state index contributed by atoms with van der Waals surface area (Å²) in [6, 6.07) is 15.2. The minimum absolute atomic E-state index is 0.190. The van der Waals surface area contributed by atoms with Crippen LogP contribution in [0.15, 0.2) is 64.9 Å². The van der Waals surface area contributed by atoms with Gasteiger partial charge >= 0.3 is 0 Å². The molecule has 4 nitrogen and oxygen atoms in total. The van der Waals surface area contributed by atoms with Gasteiger partial charge in [0.15, 0.2) is 3.95 Å². The number of benzene rings is 2. The fourth-order valence-corrected chi connectivity index (χ4v) is 4.39. The van der Waals surface area contributed by atoms with Gasteiger partial charge in [0.1, 0.15) is 5.82 Å². The fraction of sp³-hybridized carbons (Fsp3) is 0. The lowest BCUT2D eigenvalue weighted by Gasteiger charge is -2.11. The third-order valence-corrected chi connectivity index (χ3v) is 5.86. The molecular weight excluding hydrogens is 372 g/mol. The number of rotatable bonds is 4. The van der Waals surface area contributed by atoms with Gasteiger partial charge in [-0.05, 0) is 42.5 Å². The molecule has 3 aromatic rings. The molecule has 0 saturated carbocycles. The maximum absolute atomic E-state index is 12.5. The minimum Gasteiger partial charge on any atom is -0.277 e. The first kappa shape index (κ1) is 16.2. The Hall–Kier alpha value is -1.67. The van der Waals surface area contributed by atoms with Gasteiger partial charge in [-0.2, -0.15) is 0 Å². The fourth-order valence-electron chi connectivity index (χ4n) is 2.04. The topological polar surface area (TPSA) is 51.1 Å². The Labute approximate surface area is 148 Å². The average Bonchev–Trinajstić information content (AvgIpc) is 2.88. The quantitative estimate of drug-likeness (QED) is 0.664. The lowest BCUT2D eigenvalue weighted by atomic mass is 10.3. The largest absolute Gasteiger partial charge is 0.277 e. The van der Waals surface area contributed by atoms with E-state index < -0.39 is 10.0 Å². The summed E-state index contributed by atoms with van der Waals surface area (Å²) in [4.78, 5) is 0.190. The van der Waals surface area contributed by atoms with Gasteiger partial charge < -0.3 is 0 Å². The van der Waals surface area contributed by atoms with Crippen LogP contribution < -0.4 is 4.72 Å². The Morgan fingerprint density at radius 1 is 1.09 bits per heavy atom. The first-order valence-corrected chi connectivity index (χ1v) is 9.67. The molecule has 0 fully saturated rings. The number of sulfonamides is 1. The van der Waals surface area contributed by atoms with Crippen LogP contribution in [0.4, 0.5) is 5.82 Å². The zero-order valence-electron chi connectivity index (χ0n) is 11.6. The Bertz CT molecular complexity index is 995. The first-order valence-electron chi connectivity index (χ1n) is 6.52. The molecule has 2 aromatic carbocycles. The number of hydrogen-bond acceptors (Lipinski definition) is 4. The summed E-state index contributed by atoms with van der Waals surface area (Å²) < 4.78 is 29.7. The van der Waals surface area contributed by atoms with Crippen molar-refractivity contribution in [2.75, 3.05) is 4.72 Å². The second kappa shape index (κ2) is 6.45. The van der Waals surface area contributed by atoms with E-state index in [1.54, 1.807) is 46.3 Å². The van der Waals surface area contributed by atoms with Crippen LogP contribution in [-0.2, 0) is 10.0 Å². The maximum atomic E-state index is 12.5. The van der Waals surface area contributed by atoms with E-state index in [4.69, 9.17) is 23.8 Å². The Balaban J connectivity index is 2.05. The number of hydrogen-bond donors (Lipinski definition) is 1. The van der Waals surface area contributed by atoms with Gasteiger partial charge in [0.05, 0.1) is 10.6 Å². The molecule has 0 atom stereocenters. The molecule has 23 heavy (non-hydrogen) atoms. The number of nitrogens with one attached hydrogen (secondary N) is 1. The first-order chi connectivity index (χ1) is 11.0. The van der Waals surface area contributed by atoms with Crippen molar-refractivity contribution in [2.45, 2.75) is 4.90 Å². The third-order valence-electron chi connectivity index (χ3n) is 3.05. The van der Waals surface area contributed by atoms with Crippen LogP contribution in [0.5, 0.6) is 0 Å². The van der Waals surface area contributed by atoms with Crippen LogP contribution in [0, 0.1) is 3.95 Å². The number of aromatic nitrogens is 1. The van der Waals surface area contributed by atoms with Crippen molar-refractivity contribution in [3.63, 3.8) is 0 Å². The van der Waals surface area contributed by atoms with Crippen molar-refractivity contribution < 1.29 is 8.42 Å². The maximum Gasteiger partial charge on any atom is 0.263 e. The molecule has 0 aliphatic carbocycles. The van der Waals surface area contributed by atoms with Gasteiger partial charge in [-0.3, -0.25) is 9.29 Å². The van der Waals surface area contributed by atoms with E-state index in [0.29, 0.717) is 20.5 Å². The van der Waals surface area contributed by atoms with Crippen LogP contribution in [-0.4, -0.2) is 13.0 Å². The monoisotopic (exact) mass is 382 g/mol. The second-order valence-electron chi connectivity index (χ2n) is 4.62. The van der Waals surface area contributed by atoms with E-state index in [9.17, 15) is 8.42 Å². The van der Waals surface area contributed by atoms with Crippen molar-refractivity contribution >= 4 is 51.0 Å². The van der Waals surface area contributed by atoms with Gasteiger partial charge in [0, 0.05) is 10.4 Å². The zero-order valence-corrected chi connectivity index (χ0v) is 14.8. The van der Waals surface area contributed by atoms with E-state index in [1.165, 1.54) is 23.5 Å². The lowest BCUT2D eigenvalue weighted by molar-refractivity contribution is 0.601. The molecule has 0 bridgehead atoms. The molecule has 8 heteroatoms. The summed E-state index contributed by atoms with van der Waals surface area (Å²) in [6.07, 6.45) is 0. The van der Waals surface area contributed by atoms with Gasteiger partial charge in [-0.1, -0.05) is 35.9 Å². The molecule has 0 unspecified atom stereocenters. The Morgan fingerprint density at radius 3 is 2.52 bits per heavy atom. The van der Waals surface area contributed by atoms with Gasteiger partial charge in [-0.15, -0.1) is 11.3 Å².